The first kappa shape index (κ1) is 13.0. The highest BCUT2D eigenvalue weighted by Gasteiger charge is 2.20. The van der Waals surface area contributed by atoms with Gasteiger partial charge in [0.2, 0.25) is 11.8 Å². The summed E-state index contributed by atoms with van der Waals surface area (Å²) in [4.78, 5) is 13.9. The number of hydrogen-bond donors (Lipinski definition) is 2. The molecule has 2 heterocycles. The summed E-state index contributed by atoms with van der Waals surface area (Å²) in [5, 5.41) is 9.96. The third-order valence-electron chi connectivity index (χ3n) is 3.18. The molecule has 0 atom stereocenters. The molecule has 3 N–H and O–H groups in total. The van der Waals surface area contributed by atoms with Crippen LogP contribution >= 0.6 is 0 Å². The SMILES string of the molecule is Cc1nnc(NC(=O)CN2CCC(CN)CC2)o1. The maximum absolute atomic E-state index is 11.7. The number of anilines is 1. The number of carbonyl (C=O) groups is 1. The summed E-state index contributed by atoms with van der Waals surface area (Å²) >= 11 is 0. The normalized spacial score (nSPS) is 17.9. The predicted molar refractivity (Wildman–Crippen MR) is 65.9 cm³/mol. The first-order chi connectivity index (χ1) is 8.67. The summed E-state index contributed by atoms with van der Waals surface area (Å²) < 4.78 is 5.09. The quantitative estimate of drug-likeness (QED) is 0.783. The molecule has 1 aromatic rings. The molecule has 100 valence electrons. The van der Waals surface area contributed by atoms with Crippen LogP contribution in [-0.2, 0) is 4.79 Å². The van der Waals surface area contributed by atoms with E-state index in [-0.39, 0.29) is 11.9 Å². The van der Waals surface area contributed by atoms with Crippen LogP contribution in [0.4, 0.5) is 6.01 Å². The summed E-state index contributed by atoms with van der Waals surface area (Å²) in [5.41, 5.74) is 5.63. The highest BCUT2D eigenvalue weighted by molar-refractivity contribution is 5.90. The van der Waals surface area contributed by atoms with Crippen molar-refractivity contribution in [3.05, 3.63) is 5.89 Å². The van der Waals surface area contributed by atoms with Gasteiger partial charge in [0.1, 0.15) is 0 Å². The molecule has 0 unspecified atom stereocenters. The summed E-state index contributed by atoms with van der Waals surface area (Å²) in [6, 6.07) is 0.161. The van der Waals surface area contributed by atoms with E-state index in [0.717, 1.165) is 32.5 Å². The zero-order valence-electron chi connectivity index (χ0n) is 10.6. The molecule has 2 rings (SSSR count). The van der Waals surface area contributed by atoms with Gasteiger partial charge >= 0.3 is 6.01 Å². The maximum atomic E-state index is 11.7. The zero-order valence-corrected chi connectivity index (χ0v) is 10.6. The number of piperidine rings is 1. The molecule has 0 spiro atoms. The molecule has 1 aliphatic heterocycles. The summed E-state index contributed by atoms with van der Waals surface area (Å²) in [7, 11) is 0. The molecular weight excluding hydrogens is 234 g/mol. The Bertz CT molecular complexity index is 398. The second kappa shape index (κ2) is 5.92. The number of aryl methyl sites for hydroxylation is 1. The topological polar surface area (TPSA) is 97.3 Å². The Labute approximate surface area is 106 Å². The maximum Gasteiger partial charge on any atom is 0.322 e. The molecular formula is C11H19N5O2. The van der Waals surface area contributed by atoms with Crippen LogP contribution in [0.25, 0.3) is 0 Å². The van der Waals surface area contributed by atoms with Gasteiger partial charge in [0.05, 0.1) is 6.54 Å². The van der Waals surface area contributed by atoms with Crippen LogP contribution in [0.1, 0.15) is 18.7 Å². The predicted octanol–water partition coefficient (Wildman–Crippen LogP) is -0.0128. The molecule has 1 aromatic heterocycles. The molecule has 0 radical (unpaired) electrons. The van der Waals surface area contributed by atoms with Gasteiger partial charge in [-0.1, -0.05) is 5.10 Å². The van der Waals surface area contributed by atoms with Crippen molar-refractivity contribution in [1.82, 2.24) is 15.1 Å². The molecule has 0 aromatic carbocycles. The average molecular weight is 253 g/mol. The number of nitrogens with one attached hydrogen (secondary N) is 1. The standard InChI is InChI=1S/C11H19N5O2/c1-8-14-15-11(18-8)13-10(17)7-16-4-2-9(6-12)3-5-16/h9H,2-7,12H2,1H3,(H,13,15,17). The van der Waals surface area contributed by atoms with Crippen LogP contribution < -0.4 is 11.1 Å². The van der Waals surface area contributed by atoms with E-state index >= 15 is 0 Å². The Balaban J connectivity index is 1.75. The van der Waals surface area contributed by atoms with Crippen molar-refractivity contribution >= 4 is 11.9 Å². The molecule has 1 amide bonds. The van der Waals surface area contributed by atoms with Crippen LogP contribution in [-0.4, -0.2) is 47.2 Å². The Hall–Kier alpha value is -1.47. The van der Waals surface area contributed by atoms with E-state index in [1.165, 1.54) is 0 Å². The highest BCUT2D eigenvalue weighted by Crippen LogP contribution is 2.15. The number of hydrogen-bond acceptors (Lipinski definition) is 6. The molecule has 18 heavy (non-hydrogen) atoms. The molecule has 7 nitrogen and oxygen atoms in total. The lowest BCUT2D eigenvalue weighted by atomic mass is 9.97. The van der Waals surface area contributed by atoms with Gasteiger partial charge in [-0.15, -0.1) is 5.10 Å². The molecule has 0 aliphatic carbocycles. The number of aromatic nitrogens is 2. The number of nitrogens with two attached hydrogens (primary N) is 1. The van der Waals surface area contributed by atoms with Crippen LogP contribution in [0, 0.1) is 12.8 Å². The van der Waals surface area contributed by atoms with E-state index in [4.69, 9.17) is 10.2 Å². The Morgan fingerprint density at radius 3 is 2.78 bits per heavy atom. The monoisotopic (exact) mass is 253 g/mol. The van der Waals surface area contributed by atoms with Gasteiger partial charge in [0, 0.05) is 6.92 Å². The summed E-state index contributed by atoms with van der Waals surface area (Å²) in [5.74, 6) is 0.918. The van der Waals surface area contributed by atoms with Crippen molar-refractivity contribution < 1.29 is 9.21 Å². The molecule has 7 heteroatoms. The van der Waals surface area contributed by atoms with Crippen LogP contribution in [0.5, 0.6) is 0 Å². The van der Waals surface area contributed by atoms with E-state index in [2.05, 4.69) is 20.4 Å². The molecule has 1 fully saturated rings. The Morgan fingerprint density at radius 2 is 2.22 bits per heavy atom. The van der Waals surface area contributed by atoms with Gasteiger partial charge in [-0.2, -0.15) is 0 Å². The third-order valence-corrected chi connectivity index (χ3v) is 3.18. The van der Waals surface area contributed by atoms with Gasteiger partial charge in [-0.05, 0) is 38.4 Å². The lowest BCUT2D eigenvalue weighted by Gasteiger charge is -2.30. The van der Waals surface area contributed by atoms with Crippen molar-refractivity contribution in [3.63, 3.8) is 0 Å². The van der Waals surface area contributed by atoms with Crippen molar-refractivity contribution in [2.45, 2.75) is 19.8 Å². The number of rotatable bonds is 4. The second-order valence-corrected chi connectivity index (χ2v) is 4.63. The van der Waals surface area contributed by atoms with E-state index < -0.39 is 0 Å². The van der Waals surface area contributed by atoms with E-state index in [1.807, 2.05) is 0 Å². The van der Waals surface area contributed by atoms with Crippen molar-refractivity contribution in [3.8, 4) is 0 Å². The lowest BCUT2D eigenvalue weighted by Crippen LogP contribution is -2.40. The second-order valence-electron chi connectivity index (χ2n) is 4.63. The molecule has 0 saturated carbocycles. The molecule has 1 aliphatic rings. The Morgan fingerprint density at radius 1 is 1.50 bits per heavy atom. The minimum absolute atomic E-state index is 0.121. The zero-order chi connectivity index (χ0) is 13.0. The largest absolute Gasteiger partial charge is 0.408 e. The van der Waals surface area contributed by atoms with Crippen LogP contribution in [0.3, 0.4) is 0 Å². The van der Waals surface area contributed by atoms with Crippen molar-refractivity contribution in [1.29, 1.82) is 0 Å². The minimum atomic E-state index is -0.121. The van der Waals surface area contributed by atoms with Gasteiger partial charge < -0.3 is 10.2 Å². The number of amides is 1. The third kappa shape index (κ3) is 3.51. The Kier molecular flexibility index (Phi) is 4.27. The van der Waals surface area contributed by atoms with E-state index in [9.17, 15) is 4.79 Å². The van der Waals surface area contributed by atoms with Crippen molar-refractivity contribution in [2.24, 2.45) is 11.7 Å². The van der Waals surface area contributed by atoms with Gasteiger partial charge in [0.15, 0.2) is 0 Å². The minimum Gasteiger partial charge on any atom is -0.408 e. The van der Waals surface area contributed by atoms with E-state index in [0.29, 0.717) is 18.4 Å². The van der Waals surface area contributed by atoms with Crippen molar-refractivity contribution in [2.75, 3.05) is 31.5 Å². The fourth-order valence-corrected chi connectivity index (χ4v) is 2.09. The molecule has 1 saturated heterocycles. The van der Waals surface area contributed by atoms with E-state index in [1.54, 1.807) is 6.92 Å². The fourth-order valence-electron chi connectivity index (χ4n) is 2.09. The number of carbonyl (C=O) groups excluding carboxylic acids is 1. The van der Waals surface area contributed by atoms with Gasteiger partial charge in [0.25, 0.3) is 0 Å². The number of likely N-dealkylation sites (tertiary alicyclic amines) is 1. The summed E-state index contributed by atoms with van der Waals surface area (Å²) in [6.45, 7) is 4.61. The van der Waals surface area contributed by atoms with Gasteiger partial charge in [-0.3, -0.25) is 15.0 Å². The average Bonchev–Trinajstić information content (AvgIpc) is 2.75. The van der Waals surface area contributed by atoms with Crippen LogP contribution in [0.15, 0.2) is 4.42 Å². The fraction of sp³-hybridized carbons (Fsp3) is 0.727. The first-order valence-corrected chi connectivity index (χ1v) is 6.19. The van der Waals surface area contributed by atoms with Gasteiger partial charge in [-0.25, -0.2) is 0 Å². The number of nitrogens with zero attached hydrogens (tertiary/aromatic N) is 3. The smallest absolute Gasteiger partial charge is 0.322 e. The van der Waals surface area contributed by atoms with Crippen LogP contribution in [0.2, 0.25) is 0 Å². The lowest BCUT2D eigenvalue weighted by molar-refractivity contribution is -0.117. The summed E-state index contributed by atoms with van der Waals surface area (Å²) in [6.07, 6.45) is 2.12. The molecule has 0 bridgehead atoms. The highest BCUT2D eigenvalue weighted by atomic mass is 16.4. The first-order valence-electron chi connectivity index (χ1n) is 6.19.